The maximum atomic E-state index is 12.3. The standard InChI is InChI=1S/C17H16N4O/c1-13-15(16-18-11-6-12-21(16)20-13)17(22)19-10-5-9-14-7-3-2-4-8-14/h2-9,11-12H,10H2,1H3,(H,19,22)/b9-5-. The second-order valence-electron chi connectivity index (χ2n) is 4.87. The van der Waals surface area contributed by atoms with E-state index in [-0.39, 0.29) is 5.91 Å². The Balaban J connectivity index is 1.69. The van der Waals surface area contributed by atoms with Gasteiger partial charge >= 0.3 is 0 Å². The molecule has 1 amide bonds. The molecule has 0 atom stereocenters. The molecule has 0 aliphatic heterocycles. The second kappa shape index (κ2) is 6.22. The fraction of sp³-hybridized carbons (Fsp3) is 0.118. The lowest BCUT2D eigenvalue weighted by Gasteiger charge is -2.01. The van der Waals surface area contributed by atoms with Crippen LogP contribution in [0.4, 0.5) is 0 Å². The summed E-state index contributed by atoms with van der Waals surface area (Å²) in [7, 11) is 0. The summed E-state index contributed by atoms with van der Waals surface area (Å²) >= 11 is 0. The van der Waals surface area contributed by atoms with Gasteiger partial charge in [-0.1, -0.05) is 42.5 Å². The minimum Gasteiger partial charge on any atom is -0.348 e. The van der Waals surface area contributed by atoms with Crippen LogP contribution in [0.5, 0.6) is 0 Å². The summed E-state index contributed by atoms with van der Waals surface area (Å²) < 4.78 is 1.62. The molecular weight excluding hydrogens is 276 g/mol. The monoisotopic (exact) mass is 292 g/mol. The average molecular weight is 292 g/mol. The van der Waals surface area contributed by atoms with Gasteiger partial charge in [0.2, 0.25) is 0 Å². The summed E-state index contributed by atoms with van der Waals surface area (Å²) in [6.45, 7) is 2.26. The number of carbonyl (C=O) groups is 1. The number of hydrogen-bond donors (Lipinski definition) is 1. The molecule has 1 aromatic carbocycles. The summed E-state index contributed by atoms with van der Waals surface area (Å²) in [6.07, 6.45) is 7.33. The van der Waals surface area contributed by atoms with Crippen molar-refractivity contribution in [2.24, 2.45) is 0 Å². The largest absolute Gasteiger partial charge is 0.348 e. The van der Waals surface area contributed by atoms with E-state index in [1.807, 2.05) is 49.4 Å². The number of nitrogens with zero attached hydrogens (tertiary/aromatic N) is 3. The molecule has 0 fully saturated rings. The molecule has 0 saturated heterocycles. The van der Waals surface area contributed by atoms with Gasteiger partial charge in [-0.2, -0.15) is 5.10 Å². The molecule has 110 valence electrons. The van der Waals surface area contributed by atoms with Crippen molar-refractivity contribution in [3.63, 3.8) is 0 Å². The summed E-state index contributed by atoms with van der Waals surface area (Å²) in [5.74, 6) is -0.163. The number of aryl methyl sites for hydroxylation is 1. The normalized spacial score (nSPS) is 11.1. The van der Waals surface area contributed by atoms with Gasteiger partial charge in [-0.25, -0.2) is 9.50 Å². The second-order valence-corrected chi connectivity index (χ2v) is 4.87. The minimum atomic E-state index is -0.163. The third-order valence-electron chi connectivity index (χ3n) is 3.29. The van der Waals surface area contributed by atoms with Gasteiger partial charge in [0.15, 0.2) is 5.65 Å². The molecule has 1 N–H and O–H groups in total. The Morgan fingerprint density at radius 2 is 2.09 bits per heavy atom. The topological polar surface area (TPSA) is 59.3 Å². The lowest BCUT2D eigenvalue weighted by Crippen LogP contribution is -2.24. The Bertz CT molecular complexity index is 821. The van der Waals surface area contributed by atoms with Crippen molar-refractivity contribution in [1.82, 2.24) is 19.9 Å². The van der Waals surface area contributed by atoms with Gasteiger partial charge in [0.05, 0.1) is 5.69 Å². The highest BCUT2D eigenvalue weighted by molar-refractivity contribution is 6.01. The zero-order chi connectivity index (χ0) is 15.4. The number of nitrogens with one attached hydrogen (secondary N) is 1. The van der Waals surface area contributed by atoms with Gasteiger partial charge in [-0.15, -0.1) is 0 Å². The van der Waals surface area contributed by atoms with Crippen LogP contribution in [-0.2, 0) is 0 Å². The van der Waals surface area contributed by atoms with Crippen molar-refractivity contribution in [2.45, 2.75) is 6.92 Å². The van der Waals surface area contributed by atoms with E-state index in [1.165, 1.54) is 0 Å². The van der Waals surface area contributed by atoms with Crippen LogP contribution in [0, 0.1) is 6.92 Å². The Morgan fingerprint density at radius 1 is 1.27 bits per heavy atom. The lowest BCUT2D eigenvalue weighted by atomic mass is 10.2. The van der Waals surface area contributed by atoms with Crippen LogP contribution in [0.15, 0.2) is 54.9 Å². The van der Waals surface area contributed by atoms with Crippen molar-refractivity contribution in [1.29, 1.82) is 0 Å². The molecule has 0 unspecified atom stereocenters. The number of fused-ring (bicyclic) bond motifs is 1. The van der Waals surface area contributed by atoms with E-state index in [0.717, 1.165) is 5.56 Å². The Kier molecular flexibility index (Phi) is 3.96. The lowest BCUT2D eigenvalue weighted by molar-refractivity contribution is 0.0959. The van der Waals surface area contributed by atoms with Crippen LogP contribution in [0.25, 0.3) is 11.7 Å². The number of carbonyl (C=O) groups excluding carboxylic acids is 1. The summed E-state index contributed by atoms with van der Waals surface area (Å²) in [5.41, 5.74) is 2.87. The van der Waals surface area contributed by atoms with Crippen LogP contribution in [0.1, 0.15) is 21.6 Å². The molecule has 0 spiro atoms. The highest BCUT2D eigenvalue weighted by Gasteiger charge is 2.16. The third kappa shape index (κ3) is 2.88. The third-order valence-corrected chi connectivity index (χ3v) is 3.29. The smallest absolute Gasteiger partial charge is 0.257 e. The quantitative estimate of drug-likeness (QED) is 0.803. The molecule has 2 aromatic heterocycles. The van der Waals surface area contributed by atoms with Crippen molar-refractivity contribution in [3.8, 4) is 0 Å². The molecule has 0 radical (unpaired) electrons. The van der Waals surface area contributed by atoms with Crippen LogP contribution >= 0.6 is 0 Å². The Labute approximate surface area is 128 Å². The number of aromatic nitrogens is 3. The van der Waals surface area contributed by atoms with E-state index in [0.29, 0.717) is 23.4 Å². The molecule has 0 saturated carbocycles. The van der Waals surface area contributed by atoms with Gasteiger partial charge in [0.25, 0.3) is 5.91 Å². The van der Waals surface area contributed by atoms with Gasteiger partial charge in [0, 0.05) is 18.9 Å². The molecule has 3 rings (SSSR count). The fourth-order valence-electron chi connectivity index (χ4n) is 2.26. The van der Waals surface area contributed by atoms with Crippen LogP contribution in [-0.4, -0.2) is 27.0 Å². The van der Waals surface area contributed by atoms with Gasteiger partial charge in [0.1, 0.15) is 5.56 Å². The zero-order valence-electron chi connectivity index (χ0n) is 12.2. The summed E-state index contributed by atoms with van der Waals surface area (Å²) in [4.78, 5) is 16.5. The molecule has 0 bridgehead atoms. The molecule has 0 aliphatic carbocycles. The summed E-state index contributed by atoms with van der Waals surface area (Å²) in [5, 5.41) is 7.15. The van der Waals surface area contributed by atoms with Crippen LogP contribution in [0.3, 0.4) is 0 Å². The fourth-order valence-corrected chi connectivity index (χ4v) is 2.26. The predicted molar refractivity (Wildman–Crippen MR) is 85.5 cm³/mol. The van der Waals surface area contributed by atoms with Gasteiger partial charge < -0.3 is 5.32 Å². The van der Waals surface area contributed by atoms with Crippen LogP contribution in [0.2, 0.25) is 0 Å². The maximum absolute atomic E-state index is 12.3. The van der Waals surface area contributed by atoms with E-state index in [9.17, 15) is 4.79 Å². The number of rotatable bonds is 4. The van der Waals surface area contributed by atoms with Gasteiger partial charge in [-0.3, -0.25) is 4.79 Å². The van der Waals surface area contributed by atoms with Gasteiger partial charge in [-0.05, 0) is 18.6 Å². The SMILES string of the molecule is Cc1nn2cccnc2c1C(=O)NC/C=C\c1ccccc1. The predicted octanol–water partition coefficient (Wildman–Crippen LogP) is 2.48. The molecule has 5 nitrogen and oxygen atoms in total. The molecule has 0 aliphatic rings. The van der Waals surface area contributed by atoms with E-state index in [2.05, 4.69) is 15.4 Å². The maximum Gasteiger partial charge on any atom is 0.257 e. The van der Waals surface area contributed by atoms with E-state index in [1.54, 1.807) is 23.0 Å². The average Bonchev–Trinajstić information content (AvgIpc) is 2.88. The number of hydrogen-bond acceptors (Lipinski definition) is 3. The molecule has 2 heterocycles. The molecule has 3 aromatic rings. The number of benzene rings is 1. The van der Waals surface area contributed by atoms with Crippen molar-refractivity contribution in [3.05, 3.63) is 71.7 Å². The van der Waals surface area contributed by atoms with E-state index in [4.69, 9.17) is 0 Å². The Morgan fingerprint density at radius 3 is 2.91 bits per heavy atom. The first-order valence-corrected chi connectivity index (χ1v) is 7.05. The van der Waals surface area contributed by atoms with Crippen LogP contribution < -0.4 is 5.32 Å². The summed E-state index contributed by atoms with van der Waals surface area (Å²) in [6, 6.07) is 11.7. The highest BCUT2D eigenvalue weighted by Crippen LogP contribution is 2.12. The minimum absolute atomic E-state index is 0.163. The molecule has 5 heteroatoms. The first-order chi connectivity index (χ1) is 10.8. The van der Waals surface area contributed by atoms with Crippen molar-refractivity contribution < 1.29 is 4.79 Å². The van der Waals surface area contributed by atoms with E-state index >= 15 is 0 Å². The Hall–Kier alpha value is -2.95. The zero-order valence-corrected chi connectivity index (χ0v) is 12.2. The number of amides is 1. The molecular formula is C17H16N4O. The van der Waals surface area contributed by atoms with Crippen molar-refractivity contribution >= 4 is 17.6 Å². The first kappa shape index (κ1) is 14.0. The van der Waals surface area contributed by atoms with Crippen molar-refractivity contribution in [2.75, 3.05) is 6.54 Å². The first-order valence-electron chi connectivity index (χ1n) is 7.05. The van der Waals surface area contributed by atoms with E-state index < -0.39 is 0 Å². The molecule has 22 heavy (non-hydrogen) atoms. The highest BCUT2D eigenvalue weighted by atomic mass is 16.1.